The zero-order valence-electron chi connectivity index (χ0n) is 19.4. The molecule has 6 heteroatoms. The van der Waals surface area contributed by atoms with Gasteiger partial charge < -0.3 is 10.1 Å². The van der Waals surface area contributed by atoms with Crippen LogP contribution in [0.4, 0.5) is 5.82 Å². The van der Waals surface area contributed by atoms with E-state index in [0.29, 0.717) is 5.92 Å². The van der Waals surface area contributed by atoms with Crippen molar-refractivity contribution >= 4 is 28.3 Å². The van der Waals surface area contributed by atoms with Gasteiger partial charge in [0.25, 0.3) is 0 Å². The lowest BCUT2D eigenvalue weighted by molar-refractivity contribution is 0.182. The molecule has 0 aliphatic carbocycles. The largest absolute Gasteiger partial charge is 0.497 e. The first-order chi connectivity index (χ1) is 16.7. The number of hydrogen-bond donors (Lipinski definition) is 1. The second-order valence-corrected chi connectivity index (χ2v) is 9.31. The lowest BCUT2D eigenvalue weighted by atomic mass is 9.96. The number of rotatable bonds is 7. The van der Waals surface area contributed by atoms with E-state index in [1.807, 2.05) is 54.6 Å². The van der Waals surface area contributed by atoms with Gasteiger partial charge in [0.2, 0.25) is 0 Å². The number of halogens is 1. The molecule has 1 fully saturated rings. The number of nitrogens with zero attached hydrogens (tertiary/aromatic N) is 3. The summed E-state index contributed by atoms with van der Waals surface area (Å²) in [5, 5.41) is 5.51. The Labute approximate surface area is 205 Å². The fourth-order valence-corrected chi connectivity index (χ4v) is 4.78. The van der Waals surface area contributed by atoms with Crippen molar-refractivity contribution in [2.45, 2.75) is 19.4 Å². The van der Waals surface area contributed by atoms with E-state index in [1.165, 1.54) is 18.4 Å². The highest BCUT2D eigenvalue weighted by molar-refractivity contribution is 6.30. The molecule has 5 nitrogen and oxygen atoms in total. The number of piperidine rings is 1. The summed E-state index contributed by atoms with van der Waals surface area (Å²) in [6, 6.07) is 24.3. The van der Waals surface area contributed by atoms with E-state index in [1.54, 1.807) is 7.11 Å². The number of nitrogens with one attached hydrogen (secondary N) is 1. The molecule has 1 saturated heterocycles. The first kappa shape index (κ1) is 22.6. The maximum atomic E-state index is 6.15. The number of hydrogen-bond acceptors (Lipinski definition) is 5. The standard InChI is InChI=1S/C28H29ClN4O/c1-34-24-11-9-22(10-12-24)27-31-26-8-3-2-7-25(26)28(32-27)30-18-20-13-15-33(16-14-20)19-21-5-4-6-23(29)17-21/h2-12,17,20H,13-16,18-19H2,1H3,(H,30,31,32). The molecule has 1 N–H and O–H groups in total. The molecule has 1 aliphatic rings. The average molecular weight is 473 g/mol. The number of ether oxygens (including phenoxy) is 1. The maximum Gasteiger partial charge on any atom is 0.162 e. The Balaban J connectivity index is 1.25. The van der Waals surface area contributed by atoms with Gasteiger partial charge in [0.1, 0.15) is 11.6 Å². The van der Waals surface area contributed by atoms with Crippen molar-refractivity contribution < 1.29 is 4.74 Å². The van der Waals surface area contributed by atoms with Crippen molar-refractivity contribution in [2.75, 3.05) is 32.1 Å². The summed E-state index contributed by atoms with van der Waals surface area (Å²) in [6.45, 7) is 4.07. The van der Waals surface area contributed by atoms with Crippen molar-refractivity contribution in [1.82, 2.24) is 14.9 Å². The van der Waals surface area contributed by atoms with Crippen LogP contribution in [0.5, 0.6) is 5.75 Å². The van der Waals surface area contributed by atoms with Crippen LogP contribution in [0.15, 0.2) is 72.8 Å². The van der Waals surface area contributed by atoms with Gasteiger partial charge in [-0.2, -0.15) is 0 Å². The zero-order chi connectivity index (χ0) is 23.3. The number of benzene rings is 3. The van der Waals surface area contributed by atoms with Crippen LogP contribution >= 0.6 is 11.6 Å². The molecule has 174 valence electrons. The smallest absolute Gasteiger partial charge is 0.162 e. The summed E-state index contributed by atoms with van der Waals surface area (Å²) in [7, 11) is 1.67. The van der Waals surface area contributed by atoms with Gasteiger partial charge in [0, 0.05) is 29.1 Å². The highest BCUT2D eigenvalue weighted by Crippen LogP contribution is 2.27. The molecule has 2 heterocycles. The molecule has 5 rings (SSSR count). The molecule has 0 bridgehead atoms. The van der Waals surface area contributed by atoms with Crippen LogP contribution in [0, 0.1) is 5.92 Å². The average Bonchev–Trinajstić information content (AvgIpc) is 2.88. The van der Waals surface area contributed by atoms with E-state index in [9.17, 15) is 0 Å². The molecule has 0 atom stereocenters. The van der Waals surface area contributed by atoms with Gasteiger partial charge in [-0.3, -0.25) is 4.90 Å². The molecule has 0 spiro atoms. The Morgan fingerprint density at radius 2 is 1.76 bits per heavy atom. The fraction of sp³-hybridized carbons (Fsp3) is 0.286. The number of methoxy groups -OCH3 is 1. The Morgan fingerprint density at radius 3 is 2.53 bits per heavy atom. The molecule has 4 aromatic rings. The summed E-state index contributed by atoms with van der Waals surface area (Å²) in [5.41, 5.74) is 3.20. The van der Waals surface area contributed by atoms with Crippen molar-refractivity contribution in [3.05, 3.63) is 83.4 Å². The summed E-state index contributed by atoms with van der Waals surface area (Å²) >= 11 is 6.15. The minimum atomic E-state index is 0.619. The van der Waals surface area contributed by atoms with Gasteiger partial charge in [-0.25, -0.2) is 9.97 Å². The van der Waals surface area contributed by atoms with Crippen molar-refractivity contribution in [2.24, 2.45) is 5.92 Å². The zero-order valence-corrected chi connectivity index (χ0v) is 20.1. The van der Waals surface area contributed by atoms with Gasteiger partial charge in [-0.1, -0.05) is 35.9 Å². The van der Waals surface area contributed by atoms with Crippen LogP contribution in [-0.2, 0) is 6.54 Å². The van der Waals surface area contributed by atoms with Gasteiger partial charge >= 0.3 is 0 Å². The summed E-state index contributed by atoms with van der Waals surface area (Å²) < 4.78 is 5.29. The lowest BCUT2D eigenvalue weighted by Crippen LogP contribution is -2.35. The molecule has 1 aromatic heterocycles. The number of para-hydroxylation sites is 1. The van der Waals surface area contributed by atoms with Crippen LogP contribution in [0.1, 0.15) is 18.4 Å². The molecular formula is C28H29ClN4O. The third kappa shape index (κ3) is 5.32. The molecular weight excluding hydrogens is 444 g/mol. The third-order valence-corrected chi connectivity index (χ3v) is 6.75. The van der Waals surface area contributed by atoms with E-state index in [4.69, 9.17) is 26.3 Å². The lowest BCUT2D eigenvalue weighted by Gasteiger charge is -2.32. The van der Waals surface area contributed by atoms with Crippen LogP contribution < -0.4 is 10.1 Å². The molecule has 1 aliphatic heterocycles. The second kappa shape index (κ2) is 10.4. The Morgan fingerprint density at radius 1 is 0.971 bits per heavy atom. The van der Waals surface area contributed by atoms with E-state index in [-0.39, 0.29) is 0 Å². The summed E-state index contributed by atoms with van der Waals surface area (Å²) in [4.78, 5) is 12.2. The second-order valence-electron chi connectivity index (χ2n) is 8.87. The highest BCUT2D eigenvalue weighted by atomic mass is 35.5. The maximum absolute atomic E-state index is 6.15. The topological polar surface area (TPSA) is 50.3 Å². The first-order valence-electron chi connectivity index (χ1n) is 11.8. The molecule has 0 amide bonds. The monoisotopic (exact) mass is 472 g/mol. The number of anilines is 1. The van der Waals surface area contributed by atoms with Crippen molar-refractivity contribution in [3.63, 3.8) is 0 Å². The Hall–Kier alpha value is -3.15. The van der Waals surface area contributed by atoms with Crippen LogP contribution in [0.25, 0.3) is 22.3 Å². The number of likely N-dealkylation sites (tertiary alicyclic amines) is 1. The molecule has 34 heavy (non-hydrogen) atoms. The number of aromatic nitrogens is 2. The minimum absolute atomic E-state index is 0.619. The van der Waals surface area contributed by atoms with Gasteiger partial charge in [0.05, 0.1) is 12.6 Å². The summed E-state index contributed by atoms with van der Waals surface area (Å²) in [5.74, 6) is 3.07. The fourth-order valence-electron chi connectivity index (χ4n) is 4.56. The third-order valence-electron chi connectivity index (χ3n) is 6.51. The van der Waals surface area contributed by atoms with E-state index in [0.717, 1.165) is 65.1 Å². The quantitative estimate of drug-likeness (QED) is 0.343. The SMILES string of the molecule is COc1ccc(-c2nc(NCC3CCN(Cc4cccc(Cl)c4)CC3)c3ccccc3n2)cc1. The van der Waals surface area contributed by atoms with Gasteiger partial charge in [0.15, 0.2) is 5.82 Å². The van der Waals surface area contributed by atoms with Crippen LogP contribution in [0.3, 0.4) is 0 Å². The predicted molar refractivity (Wildman–Crippen MR) is 139 cm³/mol. The molecule has 3 aromatic carbocycles. The van der Waals surface area contributed by atoms with Crippen LogP contribution in [-0.4, -0.2) is 41.6 Å². The van der Waals surface area contributed by atoms with E-state index in [2.05, 4.69) is 28.4 Å². The first-order valence-corrected chi connectivity index (χ1v) is 12.2. The van der Waals surface area contributed by atoms with E-state index >= 15 is 0 Å². The van der Waals surface area contributed by atoms with Crippen LogP contribution in [0.2, 0.25) is 5.02 Å². The molecule has 0 saturated carbocycles. The minimum Gasteiger partial charge on any atom is -0.497 e. The van der Waals surface area contributed by atoms with Gasteiger partial charge in [-0.15, -0.1) is 0 Å². The number of fused-ring (bicyclic) bond motifs is 1. The van der Waals surface area contributed by atoms with Crippen molar-refractivity contribution in [1.29, 1.82) is 0 Å². The molecule has 0 unspecified atom stereocenters. The van der Waals surface area contributed by atoms with Crippen molar-refractivity contribution in [3.8, 4) is 17.1 Å². The molecule has 0 radical (unpaired) electrons. The summed E-state index contributed by atoms with van der Waals surface area (Å²) in [6.07, 6.45) is 2.34. The van der Waals surface area contributed by atoms with Gasteiger partial charge in [-0.05, 0) is 85.9 Å². The Kier molecular flexibility index (Phi) is 6.93. The Bertz CT molecular complexity index is 1250. The van der Waals surface area contributed by atoms with E-state index < -0.39 is 0 Å². The normalized spacial score (nSPS) is 14.9. The predicted octanol–water partition coefficient (Wildman–Crippen LogP) is 6.28. The highest BCUT2D eigenvalue weighted by Gasteiger charge is 2.20.